The number of anilines is 1. The normalized spacial score (nSPS) is 11.3. The zero-order valence-corrected chi connectivity index (χ0v) is 17.1. The number of sulfonamides is 1. The molecule has 0 heterocycles. The molecular weight excluding hydrogens is 397 g/mol. The summed E-state index contributed by atoms with van der Waals surface area (Å²) in [6.07, 6.45) is 0.446. The van der Waals surface area contributed by atoms with E-state index in [1.807, 2.05) is 6.92 Å². The van der Waals surface area contributed by atoms with Crippen molar-refractivity contribution in [3.63, 3.8) is 0 Å². The van der Waals surface area contributed by atoms with E-state index in [1.165, 1.54) is 19.2 Å². The summed E-state index contributed by atoms with van der Waals surface area (Å²) in [5, 5.41) is 5.40. The highest BCUT2D eigenvalue weighted by atomic mass is 32.2. The SMILES string of the molecule is CCNC(=O)c1ccc(NC(=O)CCCN(C)S(=O)(=O)c2ccc(F)cc2)cc1. The standard InChI is InChI=1S/C20H24FN3O4S/c1-3-22-20(26)15-6-10-17(11-7-15)23-19(25)5-4-14-24(2)29(27,28)18-12-8-16(21)9-13-18/h6-13H,3-5,14H2,1-2H3,(H,22,26)(H,23,25). The van der Waals surface area contributed by atoms with Crippen molar-refractivity contribution in [3.05, 3.63) is 59.9 Å². The fraction of sp³-hybridized carbons (Fsp3) is 0.300. The van der Waals surface area contributed by atoms with Crippen molar-refractivity contribution in [2.45, 2.75) is 24.7 Å². The maximum absolute atomic E-state index is 13.0. The zero-order valence-electron chi connectivity index (χ0n) is 16.3. The Hall–Kier alpha value is -2.78. The van der Waals surface area contributed by atoms with Crippen molar-refractivity contribution < 1.29 is 22.4 Å². The first-order chi connectivity index (χ1) is 13.7. The van der Waals surface area contributed by atoms with E-state index in [4.69, 9.17) is 0 Å². The smallest absolute Gasteiger partial charge is 0.251 e. The van der Waals surface area contributed by atoms with Gasteiger partial charge < -0.3 is 10.6 Å². The van der Waals surface area contributed by atoms with Gasteiger partial charge in [0.15, 0.2) is 0 Å². The molecule has 7 nitrogen and oxygen atoms in total. The quantitative estimate of drug-likeness (QED) is 0.651. The van der Waals surface area contributed by atoms with Crippen LogP contribution in [0.15, 0.2) is 53.4 Å². The van der Waals surface area contributed by atoms with Crippen LogP contribution in [0, 0.1) is 5.82 Å². The molecule has 2 aromatic carbocycles. The lowest BCUT2D eigenvalue weighted by atomic mass is 10.2. The molecule has 0 aliphatic heterocycles. The highest BCUT2D eigenvalue weighted by molar-refractivity contribution is 7.89. The molecule has 0 fully saturated rings. The Labute approximate surface area is 170 Å². The molecule has 2 N–H and O–H groups in total. The van der Waals surface area contributed by atoms with E-state index >= 15 is 0 Å². The number of hydrogen-bond donors (Lipinski definition) is 2. The molecule has 2 amide bonds. The minimum Gasteiger partial charge on any atom is -0.352 e. The monoisotopic (exact) mass is 421 g/mol. The third-order valence-electron chi connectivity index (χ3n) is 4.17. The van der Waals surface area contributed by atoms with Crippen LogP contribution >= 0.6 is 0 Å². The van der Waals surface area contributed by atoms with E-state index in [1.54, 1.807) is 24.3 Å². The van der Waals surface area contributed by atoms with Crippen LogP contribution in [0.25, 0.3) is 0 Å². The number of halogens is 1. The molecule has 0 saturated heterocycles. The largest absolute Gasteiger partial charge is 0.352 e. The van der Waals surface area contributed by atoms with Crippen LogP contribution in [-0.2, 0) is 14.8 Å². The van der Waals surface area contributed by atoms with E-state index < -0.39 is 15.8 Å². The molecule has 0 radical (unpaired) electrons. The van der Waals surface area contributed by atoms with Crippen molar-refractivity contribution >= 4 is 27.5 Å². The van der Waals surface area contributed by atoms with Gasteiger partial charge in [-0.1, -0.05) is 0 Å². The molecule has 156 valence electrons. The number of hydrogen-bond acceptors (Lipinski definition) is 4. The first-order valence-electron chi connectivity index (χ1n) is 9.14. The van der Waals surface area contributed by atoms with Gasteiger partial charge in [-0.15, -0.1) is 0 Å². The summed E-state index contributed by atoms with van der Waals surface area (Å²) in [5.74, 6) is -0.957. The summed E-state index contributed by atoms with van der Waals surface area (Å²) in [7, 11) is -2.32. The lowest BCUT2D eigenvalue weighted by Gasteiger charge is -2.17. The van der Waals surface area contributed by atoms with Crippen LogP contribution in [0.4, 0.5) is 10.1 Å². The van der Waals surface area contributed by atoms with Crippen LogP contribution in [0.1, 0.15) is 30.1 Å². The number of rotatable bonds is 9. The van der Waals surface area contributed by atoms with Gasteiger partial charge in [0, 0.05) is 37.8 Å². The second kappa shape index (κ2) is 10.1. The molecule has 0 aliphatic carbocycles. The summed E-state index contributed by atoms with van der Waals surface area (Å²) < 4.78 is 38.9. The van der Waals surface area contributed by atoms with Crippen LogP contribution in [0.5, 0.6) is 0 Å². The lowest BCUT2D eigenvalue weighted by Crippen LogP contribution is -2.28. The number of benzene rings is 2. The van der Waals surface area contributed by atoms with Crippen molar-refractivity contribution in [2.24, 2.45) is 0 Å². The fourth-order valence-corrected chi connectivity index (χ4v) is 3.77. The molecule has 0 aromatic heterocycles. The van der Waals surface area contributed by atoms with Gasteiger partial charge in [0.2, 0.25) is 15.9 Å². The molecule has 0 unspecified atom stereocenters. The van der Waals surface area contributed by atoms with Crippen LogP contribution < -0.4 is 10.6 Å². The van der Waals surface area contributed by atoms with Gasteiger partial charge in [-0.3, -0.25) is 9.59 Å². The Morgan fingerprint density at radius 1 is 1.03 bits per heavy atom. The molecule has 2 rings (SSSR count). The van der Waals surface area contributed by atoms with Gasteiger partial charge >= 0.3 is 0 Å². The van der Waals surface area contributed by atoms with Gasteiger partial charge in [0.25, 0.3) is 5.91 Å². The highest BCUT2D eigenvalue weighted by Gasteiger charge is 2.20. The van der Waals surface area contributed by atoms with Crippen LogP contribution in [0.2, 0.25) is 0 Å². The lowest BCUT2D eigenvalue weighted by molar-refractivity contribution is -0.116. The van der Waals surface area contributed by atoms with E-state index in [0.29, 0.717) is 24.2 Å². The summed E-state index contributed by atoms with van der Waals surface area (Å²) in [5.41, 5.74) is 1.05. The summed E-state index contributed by atoms with van der Waals surface area (Å²) in [6.45, 7) is 2.50. The molecule has 0 bridgehead atoms. The Kier molecular flexibility index (Phi) is 7.86. The van der Waals surface area contributed by atoms with Gasteiger partial charge in [-0.2, -0.15) is 0 Å². The number of amides is 2. The predicted molar refractivity (Wildman–Crippen MR) is 109 cm³/mol. The Morgan fingerprint density at radius 3 is 2.24 bits per heavy atom. The van der Waals surface area contributed by atoms with Crippen molar-refractivity contribution in [1.82, 2.24) is 9.62 Å². The minimum absolute atomic E-state index is 0.00180. The van der Waals surface area contributed by atoms with E-state index in [9.17, 15) is 22.4 Å². The average molecular weight is 421 g/mol. The first-order valence-corrected chi connectivity index (χ1v) is 10.6. The first kappa shape index (κ1) is 22.5. The number of nitrogens with zero attached hydrogens (tertiary/aromatic N) is 1. The molecule has 0 atom stereocenters. The molecule has 0 spiro atoms. The van der Waals surface area contributed by atoms with Gasteiger partial charge in [-0.05, 0) is 61.9 Å². The molecule has 0 saturated carbocycles. The summed E-state index contributed by atoms with van der Waals surface area (Å²) in [6, 6.07) is 11.1. The average Bonchev–Trinajstić information content (AvgIpc) is 2.69. The van der Waals surface area contributed by atoms with E-state index in [2.05, 4.69) is 10.6 Å². The Bertz CT molecular complexity index is 945. The second-order valence-corrected chi connectivity index (χ2v) is 8.41. The van der Waals surface area contributed by atoms with Crippen molar-refractivity contribution in [2.75, 3.05) is 25.5 Å². The predicted octanol–water partition coefficient (Wildman–Crippen LogP) is 2.61. The zero-order chi connectivity index (χ0) is 21.4. The topological polar surface area (TPSA) is 95.6 Å². The van der Waals surface area contributed by atoms with Gasteiger partial charge in [0.1, 0.15) is 5.82 Å². The van der Waals surface area contributed by atoms with E-state index in [0.717, 1.165) is 16.4 Å². The fourth-order valence-electron chi connectivity index (χ4n) is 2.56. The summed E-state index contributed by atoms with van der Waals surface area (Å²) >= 11 is 0. The molecular formula is C20H24FN3O4S. The maximum atomic E-state index is 13.0. The summed E-state index contributed by atoms with van der Waals surface area (Å²) in [4.78, 5) is 23.8. The number of carbonyl (C=O) groups is 2. The number of carbonyl (C=O) groups excluding carboxylic acids is 2. The third kappa shape index (κ3) is 6.37. The Morgan fingerprint density at radius 2 is 1.66 bits per heavy atom. The highest BCUT2D eigenvalue weighted by Crippen LogP contribution is 2.16. The van der Waals surface area contributed by atoms with Crippen LogP contribution in [0.3, 0.4) is 0 Å². The minimum atomic E-state index is -3.73. The molecule has 29 heavy (non-hydrogen) atoms. The maximum Gasteiger partial charge on any atom is 0.251 e. The molecule has 0 aliphatic rings. The van der Waals surface area contributed by atoms with Crippen molar-refractivity contribution in [3.8, 4) is 0 Å². The Balaban J connectivity index is 1.83. The number of nitrogens with one attached hydrogen (secondary N) is 2. The van der Waals surface area contributed by atoms with Gasteiger partial charge in [0.05, 0.1) is 4.90 Å². The van der Waals surface area contributed by atoms with Crippen LogP contribution in [-0.4, -0.2) is 44.7 Å². The van der Waals surface area contributed by atoms with Crippen molar-refractivity contribution in [1.29, 1.82) is 0 Å². The molecule has 9 heteroatoms. The van der Waals surface area contributed by atoms with E-state index in [-0.39, 0.29) is 29.7 Å². The molecule has 2 aromatic rings. The third-order valence-corrected chi connectivity index (χ3v) is 6.04. The second-order valence-electron chi connectivity index (χ2n) is 6.37. The van der Waals surface area contributed by atoms with Gasteiger partial charge in [-0.25, -0.2) is 17.1 Å².